The van der Waals surface area contributed by atoms with Crippen LogP contribution < -0.4 is 4.74 Å². The number of rotatable bonds is 8. The maximum absolute atomic E-state index is 13.0. The first kappa shape index (κ1) is 24.6. The summed E-state index contributed by atoms with van der Waals surface area (Å²) in [5.41, 5.74) is 0.406. The third-order valence-corrected chi connectivity index (χ3v) is 6.48. The standard InChI is InChI=1S/C26H30ClF3O2/c1-17(2)32-22-5-3-4-19(14-22)9-6-18-7-10-20(11-8-18)15-25(31)23-16-21(26(28,29)30)12-13-24(23)27/h3-5,12-14,16-18,20H,6-11,15H2,1-2H3. The van der Waals surface area contributed by atoms with Crippen molar-refractivity contribution in [2.24, 2.45) is 11.8 Å². The van der Waals surface area contributed by atoms with Gasteiger partial charge in [0.1, 0.15) is 5.75 Å². The number of alkyl halides is 3. The van der Waals surface area contributed by atoms with Crippen molar-refractivity contribution in [3.63, 3.8) is 0 Å². The molecule has 0 unspecified atom stereocenters. The molecule has 0 aliphatic heterocycles. The quantitative estimate of drug-likeness (QED) is 0.367. The second-order valence-corrected chi connectivity index (χ2v) is 9.47. The largest absolute Gasteiger partial charge is 0.491 e. The third kappa shape index (κ3) is 6.99. The molecule has 1 fully saturated rings. The molecule has 2 aromatic rings. The molecule has 0 heterocycles. The molecule has 174 valence electrons. The van der Waals surface area contributed by atoms with Gasteiger partial charge in [-0.15, -0.1) is 0 Å². The van der Waals surface area contributed by atoms with Crippen LogP contribution in [0, 0.1) is 11.8 Å². The molecule has 0 spiro atoms. The summed E-state index contributed by atoms with van der Waals surface area (Å²) >= 11 is 6.02. The average molecular weight is 467 g/mol. The number of aryl methyl sites for hydroxylation is 1. The van der Waals surface area contributed by atoms with E-state index in [2.05, 4.69) is 12.1 Å². The lowest BCUT2D eigenvalue weighted by molar-refractivity contribution is -0.137. The number of hydrogen-bond donors (Lipinski definition) is 0. The van der Waals surface area contributed by atoms with Gasteiger partial charge < -0.3 is 4.74 Å². The van der Waals surface area contributed by atoms with E-state index in [0.717, 1.165) is 62.5 Å². The average Bonchev–Trinajstić information content (AvgIpc) is 2.72. The number of ketones is 1. The number of carbonyl (C=O) groups is 1. The highest BCUT2D eigenvalue weighted by atomic mass is 35.5. The van der Waals surface area contributed by atoms with Gasteiger partial charge in [-0.05, 0) is 87.3 Å². The zero-order valence-electron chi connectivity index (χ0n) is 18.6. The van der Waals surface area contributed by atoms with E-state index in [1.165, 1.54) is 5.56 Å². The Bertz CT molecular complexity index is 916. The zero-order chi connectivity index (χ0) is 23.3. The molecule has 1 saturated carbocycles. The minimum Gasteiger partial charge on any atom is -0.491 e. The molecule has 6 heteroatoms. The molecule has 32 heavy (non-hydrogen) atoms. The second kappa shape index (κ2) is 10.7. The van der Waals surface area contributed by atoms with E-state index >= 15 is 0 Å². The van der Waals surface area contributed by atoms with Crippen LogP contribution in [-0.2, 0) is 12.6 Å². The molecule has 3 rings (SSSR count). The summed E-state index contributed by atoms with van der Waals surface area (Å²) in [6.07, 6.45) is 1.91. The van der Waals surface area contributed by atoms with Gasteiger partial charge in [-0.3, -0.25) is 4.79 Å². The summed E-state index contributed by atoms with van der Waals surface area (Å²) in [5, 5.41) is 0.0837. The number of ether oxygens (including phenoxy) is 1. The van der Waals surface area contributed by atoms with E-state index in [1.54, 1.807) is 0 Å². The van der Waals surface area contributed by atoms with Crippen LogP contribution in [0.25, 0.3) is 0 Å². The normalized spacial score (nSPS) is 19.2. The maximum Gasteiger partial charge on any atom is 0.416 e. The second-order valence-electron chi connectivity index (χ2n) is 9.06. The molecular formula is C26H30ClF3O2. The summed E-state index contributed by atoms with van der Waals surface area (Å²) in [4.78, 5) is 12.6. The molecule has 2 aromatic carbocycles. The van der Waals surface area contributed by atoms with Crippen LogP contribution in [0.15, 0.2) is 42.5 Å². The minimum atomic E-state index is -4.49. The summed E-state index contributed by atoms with van der Waals surface area (Å²) in [7, 11) is 0. The van der Waals surface area contributed by atoms with Crippen LogP contribution >= 0.6 is 11.6 Å². The molecule has 0 atom stereocenters. The van der Waals surface area contributed by atoms with Gasteiger partial charge in [0.05, 0.1) is 16.7 Å². The lowest BCUT2D eigenvalue weighted by Gasteiger charge is -2.28. The highest BCUT2D eigenvalue weighted by Crippen LogP contribution is 2.36. The fourth-order valence-electron chi connectivity index (χ4n) is 4.43. The topological polar surface area (TPSA) is 26.3 Å². The van der Waals surface area contributed by atoms with Gasteiger partial charge in [-0.25, -0.2) is 0 Å². The van der Waals surface area contributed by atoms with Crippen molar-refractivity contribution in [1.29, 1.82) is 0 Å². The van der Waals surface area contributed by atoms with E-state index in [1.807, 2.05) is 26.0 Å². The lowest BCUT2D eigenvalue weighted by Crippen LogP contribution is -2.18. The van der Waals surface area contributed by atoms with E-state index in [4.69, 9.17) is 16.3 Å². The molecule has 0 bridgehead atoms. The van der Waals surface area contributed by atoms with Crippen LogP contribution in [0.4, 0.5) is 13.2 Å². The van der Waals surface area contributed by atoms with Crippen molar-refractivity contribution >= 4 is 17.4 Å². The third-order valence-electron chi connectivity index (χ3n) is 6.15. The summed E-state index contributed by atoms with van der Waals surface area (Å²) in [5.74, 6) is 1.40. The van der Waals surface area contributed by atoms with Crippen molar-refractivity contribution in [2.75, 3.05) is 0 Å². The van der Waals surface area contributed by atoms with Crippen molar-refractivity contribution in [3.05, 3.63) is 64.2 Å². The van der Waals surface area contributed by atoms with E-state index in [0.29, 0.717) is 5.92 Å². The summed E-state index contributed by atoms with van der Waals surface area (Å²) in [6, 6.07) is 11.2. The van der Waals surface area contributed by atoms with E-state index < -0.39 is 11.7 Å². The first-order chi connectivity index (χ1) is 15.1. The summed E-state index contributed by atoms with van der Waals surface area (Å²) in [6.45, 7) is 4.02. The number of Topliss-reactive ketones (excluding diaryl/α,β-unsaturated/α-hetero) is 1. The van der Waals surface area contributed by atoms with Crippen LogP contribution in [0.5, 0.6) is 5.75 Å². The predicted molar refractivity (Wildman–Crippen MR) is 121 cm³/mol. The molecule has 0 amide bonds. The Morgan fingerprint density at radius 3 is 2.41 bits per heavy atom. The van der Waals surface area contributed by atoms with Crippen LogP contribution in [-0.4, -0.2) is 11.9 Å². The van der Waals surface area contributed by atoms with Crippen molar-refractivity contribution in [2.45, 2.75) is 71.1 Å². The molecule has 0 N–H and O–H groups in total. The lowest BCUT2D eigenvalue weighted by atomic mass is 9.77. The van der Waals surface area contributed by atoms with Crippen molar-refractivity contribution < 1.29 is 22.7 Å². The van der Waals surface area contributed by atoms with Crippen molar-refractivity contribution in [3.8, 4) is 5.75 Å². The number of halogens is 4. The van der Waals surface area contributed by atoms with Gasteiger partial charge in [0.2, 0.25) is 0 Å². The van der Waals surface area contributed by atoms with Gasteiger partial charge in [-0.2, -0.15) is 13.2 Å². The Morgan fingerprint density at radius 1 is 1.06 bits per heavy atom. The zero-order valence-corrected chi connectivity index (χ0v) is 19.3. The van der Waals surface area contributed by atoms with Gasteiger partial charge in [0.25, 0.3) is 0 Å². The molecule has 0 saturated heterocycles. The molecule has 2 nitrogen and oxygen atoms in total. The van der Waals surface area contributed by atoms with E-state index in [-0.39, 0.29) is 34.8 Å². The fraction of sp³-hybridized carbons (Fsp3) is 0.500. The predicted octanol–water partition coefficient (Wildman–Crippen LogP) is 8.16. The van der Waals surface area contributed by atoms with Crippen LogP contribution in [0.1, 0.15) is 73.9 Å². The number of hydrogen-bond acceptors (Lipinski definition) is 2. The Labute approximate surface area is 193 Å². The Balaban J connectivity index is 1.49. The molecular weight excluding hydrogens is 437 g/mol. The Hall–Kier alpha value is -2.01. The highest BCUT2D eigenvalue weighted by Gasteiger charge is 2.32. The molecule has 0 aromatic heterocycles. The molecule has 1 aliphatic carbocycles. The Kier molecular flexibility index (Phi) is 8.26. The summed E-state index contributed by atoms with van der Waals surface area (Å²) < 4.78 is 44.7. The first-order valence-corrected chi connectivity index (χ1v) is 11.6. The van der Waals surface area contributed by atoms with Crippen LogP contribution in [0.3, 0.4) is 0 Å². The minimum absolute atomic E-state index is 0.0212. The molecule has 1 aliphatic rings. The van der Waals surface area contributed by atoms with Gasteiger partial charge in [-0.1, -0.05) is 36.6 Å². The monoisotopic (exact) mass is 466 g/mol. The smallest absolute Gasteiger partial charge is 0.416 e. The van der Waals surface area contributed by atoms with Crippen LogP contribution in [0.2, 0.25) is 5.02 Å². The molecule has 0 radical (unpaired) electrons. The SMILES string of the molecule is CC(C)Oc1cccc(CCC2CCC(CC(=O)c3cc(C(F)(F)F)ccc3Cl)CC2)c1. The Morgan fingerprint density at radius 2 is 1.75 bits per heavy atom. The van der Waals surface area contributed by atoms with Gasteiger partial charge in [0.15, 0.2) is 5.78 Å². The highest BCUT2D eigenvalue weighted by molar-refractivity contribution is 6.34. The first-order valence-electron chi connectivity index (χ1n) is 11.3. The van der Waals surface area contributed by atoms with Gasteiger partial charge >= 0.3 is 6.18 Å². The fourth-order valence-corrected chi connectivity index (χ4v) is 4.65. The van der Waals surface area contributed by atoms with Crippen molar-refractivity contribution in [1.82, 2.24) is 0 Å². The number of carbonyl (C=O) groups excluding carboxylic acids is 1. The number of benzene rings is 2. The van der Waals surface area contributed by atoms with E-state index in [9.17, 15) is 18.0 Å². The maximum atomic E-state index is 13.0. The van der Waals surface area contributed by atoms with Gasteiger partial charge in [0, 0.05) is 12.0 Å².